The predicted molar refractivity (Wildman–Crippen MR) is 78.0 cm³/mol. The Hall–Kier alpha value is -1.31. The Morgan fingerprint density at radius 2 is 1.89 bits per heavy atom. The first kappa shape index (κ1) is 13.1. The standard InChI is InChI=1S/C16H17ClO/c17-12-5-1-2-11-16(18)15-10-6-8-13-7-3-4-9-14(13)15/h2-4,6-11,16,18H,1,5,12H2/b11-2+/t16-/m1/s1. The number of aliphatic hydroxyl groups excluding tert-OH is 1. The molecule has 0 fully saturated rings. The second-order valence-corrected chi connectivity index (χ2v) is 4.65. The molecule has 0 aliphatic carbocycles. The minimum Gasteiger partial charge on any atom is -0.384 e. The van der Waals surface area contributed by atoms with E-state index in [0.29, 0.717) is 5.88 Å². The second-order valence-electron chi connectivity index (χ2n) is 4.27. The van der Waals surface area contributed by atoms with Crippen LogP contribution in [0.1, 0.15) is 24.5 Å². The number of rotatable bonds is 5. The molecular formula is C16H17ClO. The fourth-order valence-electron chi connectivity index (χ4n) is 2.03. The fourth-order valence-corrected chi connectivity index (χ4v) is 2.19. The lowest BCUT2D eigenvalue weighted by Gasteiger charge is -2.10. The van der Waals surface area contributed by atoms with Crippen molar-refractivity contribution in [2.45, 2.75) is 18.9 Å². The minimum atomic E-state index is -0.550. The number of hydrogen-bond acceptors (Lipinski definition) is 1. The largest absolute Gasteiger partial charge is 0.384 e. The molecule has 1 atom stereocenters. The van der Waals surface area contributed by atoms with Gasteiger partial charge in [0.2, 0.25) is 0 Å². The van der Waals surface area contributed by atoms with Crippen LogP contribution in [0.4, 0.5) is 0 Å². The van der Waals surface area contributed by atoms with E-state index in [0.717, 1.165) is 29.2 Å². The lowest BCUT2D eigenvalue weighted by molar-refractivity contribution is 0.230. The smallest absolute Gasteiger partial charge is 0.0977 e. The molecular weight excluding hydrogens is 244 g/mol. The molecule has 0 radical (unpaired) electrons. The molecule has 2 heteroatoms. The first-order valence-electron chi connectivity index (χ1n) is 6.21. The predicted octanol–water partition coefficient (Wildman–Crippen LogP) is 4.45. The van der Waals surface area contributed by atoms with E-state index in [1.807, 2.05) is 42.5 Å². The van der Waals surface area contributed by atoms with Crippen molar-refractivity contribution in [2.75, 3.05) is 5.88 Å². The summed E-state index contributed by atoms with van der Waals surface area (Å²) < 4.78 is 0. The third-order valence-corrected chi connectivity index (χ3v) is 3.23. The van der Waals surface area contributed by atoms with Crippen LogP contribution in [0.25, 0.3) is 10.8 Å². The van der Waals surface area contributed by atoms with Gasteiger partial charge in [-0.2, -0.15) is 0 Å². The van der Waals surface area contributed by atoms with Gasteiger partial charge in [0.1, 0.15) is 0 Å². The molecule has 0 saturated heterocycles. The summed E-state index contributed by atoms with van der Waals surface area (Å²) in [6.45, 7) is 0. The molecule has 0 aromatic heterocycles. The van der Waals surface area contributed by atoms with Gasteiger partial charge in [0.25, 0.3) is 0 Å². The lowest BCUT2D eigenvalue weighted by atomic mass is 10.00. The van der Waals surface area contributed by atoms with E-state index in [9.17, 15) is 5.11 Å². The van der Waals surface area contributed by atoms with Gasteiger partial charge in [0, 0.05) is 5.88 Å². The maximum atomic E-state index is 10.2. The Morgan fingerprint density at radius 3 is 2.72 bits per heavy atom. The highest BCUT2D eigenvalue weighted by molar-refractivity contribution is 6.17. The highest BCUT2D eigenvalue weighted by atomic mass is 35.5. The van der Waals surface area contributed by atoms with E-state index in [4.69, 9.17) is 11.6 Å². The molecule has 2 aromatic rings. The summed E-state index contributed by atoms with van der Waals surface area (Å²) in [6, 6.07) is 14.1. The number of halogens is 1. The topological polar surface area (TPSA) is 20.2 Å². The van der Waals surface area contributed by atoms with Crippen molar-refractivity contribution >= 4 is 22.4 Å². The summed E-state index contributed by atoms with van der Waals surface area (Å²) in [7, 11) is 0. The molecule has 94 valence electrons. The van der Waals surface area contributed by atoms with Crippen LogP contribution in [0.15, 0.2) is 54.6 Å². The summed E-state index contributed by atoms with van der Waals surface area (Å²) >= 11 is 5.62. The Balaban J connectivity index is 2.22. The van der Waals surface area contributed by atoms with Crippen molar-refractivity contribution in [3.63, 3.8) is 0 Å². The van der Waals surface area contributed by atoms with Gasteiger partial charge in [-0.3, -0.25) is 0 Å². The van der Waals surface area contributed by atoms with Crippen LogP contribution in [-0.4, -0.2) is 11.0 Å². The molecule has 0 aliphatic rings. The van der Waals surface area contributed by atoms with E-state index >= 15 is 0 Å². The Morgan fingerprint density at radius 1 is 1.11 bits per heavy atom. The molecule has 2 aromatic carbocycles. The van der Waals surface area contributed by atoms with Crippen molar-refractivity contribution in [2.24, 2.45) is 0 Å². The van der Waals surface area contributed by atoms with Gasteiger partial charge >= 0.3 is 0 Å². The summed E-state index contributed by atoms with van der Waals surface area (Å²) in [4.78, 5) is 0. The number of allylic oxidation sites excluding steroid dienone is 1. The van der Waals surface area contributed by atoms with Gasteiger partial charge in [-0.15, -0.1) is 11.6 Å². The summed E-state index contributed by atoms with van der Waals surface area (Å²) in [5.41, 5.74) is 0.954. The monoisotopic (exact) mass is 260 g/mol. The van der Waals surface area contributed by atoms with E-state index in [2.05, 4.69) is 12.1 Å². The summed E-state index contributed by atoms with van der Waals surface area (Å²) in [5, 5.41) is 12.5. The van der Waals surface area contributed by atoms with Gasteiger partial charge in [-0.05, 0) is 29.2 Å². The lowest BCUT2D eigenvalue weighted by Crippen LogP contribution is -1.94. The Bertz CT molecular complexity index is 528. The first-order chi connectivity index (χ1) is 8.83. The highest BCUT2D eigenvalue weighted by Crippen LogP contribution is 2.25. The quantitative estimate of drug-likeness (QED) is 0.478. The number of fused-ring (bicyclic) bond motifs is 1. The third-order valence-electron chi connectivity index (χ3n) is 2.96. The first-order valence-corrected chi connectivity index (χ1v) is 6.74. The van der Waals surface area contributed by atoms with Gasteiger partial charge < -0.3 is 5.11 Å². The Kier molecular flexibility index (Phi) is 4.80. The maximum Gasteiger partial charge on any atom is 0.0977 e. The van der Waals surface area contributed by atoms with Gasteiger partial charge in [0.15, 0.2) is 0 Å². The second kappa shape index (κ2) is 6.58. The third kappa shape index (κ3) is 3.12. The molecule has 2 rings (SSSR count). The van der Waals surface area contributed by atoms with Crippen molar-refractivity contribution < 1.29 is 5.11 Å². The van der Waals surface area contributed by atoms with Crippen molar-refractivity contribution in [1.29, 1.82) is 0 Å². The van der Waals surface area contributed by atoms with E-state index in [-0.39, 0.29) is 0 Å². The van der Waals surface area contributed by atoms with Crippen LogP contribution in [0.3, 0.4) is 0 Å². The molecule has 0 heterocycles. The van der Waals surface area contributed by atoms with Crippen molar-refractivity contribution in [3.05, 3.63) is 60.2 Å². The van der Waals surface area contributed by atoms with Crippen LogP contribution in [0, 0.1) is 0 Å². The average Bonchev–Trinajstić information content (AvgIpc) is 2.43. The Labute approximate surface area is 113 Å². The number of aliphatic hydroxyl groups is 1. The molecule has 18 heavy (non-hydrogen) atoms. The summed E-state index contributed by atoms with van der Waals surface area (Å²) in [6.07, 6.45) is 5.14. The molecule has 0 amide bonds. The van der Waals surface area contributed by atoms with Gasteiger partial charge in [0.05, 0.1) is 6.10 Å². The molecule has 0 unspecified atom stereocenters. The van der Waals surface area contributed by atoms with E-state index in [1.165, 1.54) is 0 Å². The molecule has 0 saturated carbocycles. The van der Waals surface area contributed by atoms with Crippen LogP contribution in [-0.2, 0) is 0 Å². The van der Waals surface area contributed by atoms with Crippen molar-refractivity contribution in [1.82, 2.24) is 0 Å². The number of benzene rings is 2. The summed E-state index contributed by atoms with van der Waals surface area (Å²) in [5.74, 6) is 0.661. The average molecular weight is 261 g/mol. The number of unbranched alkanes of at least 4 members (excludes halogenated alkanes) is 1. The van der Waals surface area contributed by atoms with Gasteiger partial charge in [-0.25, -0.2) is 0 Å². The maximum absolute atomic E-state index is 10.2. The molecule has 0 aliphatic heterocycles. The van der Waals surface area contributed by atoms with Crippen LogP contribution in [0.2, 0.25) is 0 Å². The van der Waals surface area contributed by atoms with Crippen molar-refractivity contribution in [3.8, 4) is 0 Å². The number of hydrogen-bond donors (Lipinski definition) is 1. The van der Waals surface area contributed by atoms with Crippen LogP contribution in [0.5, 0.6) is 0 Å². The number of alkyl halides is 1. The molecule has 1 nitrogen and oxygen atoms in total. The van der Waals surface area contributed by atoms with Gasteiger partial charge in [-0.1, -0.05) is 54.6 Å². The normalized spacial score (nSPS) is 13.2. The SMILES string of the molecule is O[C@H](/C=C/CCCCl)c1cccc2ccccc12. The van der Waals surface area contributed by atoms with E-state index in [1.54, 1.807) is 0 Å². The minimum absolute atomic E-state index is 0.550. The zero-order valence-electron chi connectivity index (χ0n) is 10.2. The molecule has 0 bridgehead atoms. The fraction of sp³-hybridized carbons (Fsp3) is 0.250. The zero-order chi connectivity index (χ0) is 12.8. The van der Waals surface area contributed by atoms with Crippen LogP contribution >= 0.6 is 11.6 Å². The zero-order valence-corrected chi connectivity index (χ0v) is 11.0. The highest BCUT2D eigenvalue weighted by Gasteiger charge is 2.06. The van der Waals surface area contributed by atoms with E-state index < -0.39 is 6.10 Å². The molecule has 1 N–H and O–H groups in total. The van der Waals surface area contributed by atoms with Crippen LogP contribution < -0.4 is 0 Å². The molecule has 0 spiro atoms.